The van der Waals surface area contributed by atoms with E-state index in [1.165, 1.54) is 12.1 Å². The van der Waals surface area contributed by atoms with Gasteiger partial charge in [0.2, 0.25) is 5.91 Å². The topological polar surface area (TPSA) is 49.0 Å². The number of piperidine rings is 1. The average Bonchev–Trinajstić information content (AvgIpc) is 3.12. The molecule has 0 saturated carbocycles. The van der Waals surface area contributed by atoms with Crippen molar-refractivity contribution in [3.8, 4) is 11.3 Å². The highest BCUT2D eigenvalue weighted by Crippen LogP contribution is 2.32. The number of nitrogens with zero attached hydrogens (tertiary/aromatic N) is 2. The van der Waals surface area contributed by atoms with Crippen LogP contribution in [0, 0.1) is 5.82 Å². The first-order valence-corrected chi connectivity index (χ1v) is 10.0. The van der Waals surface area contributed by atoms with E-state index in [-0.39, 0.29) is 22.2 Å². The number of hydrogen-bond acceptors (Lipinski definition) is 3. The van der Waals surface area contributed by atoms with Crippen LogP contribution < -0.4 is 0 Å². The van der Waals surface area contributed by atoms with Gasteiger partial charge in [0, 0.05) is 12.1 Å². The third kappa shape index (κ3) is 3.85. The van der Waals surface area contributed by atoms with E-state index in [4.69, 9.17) is 11.6 Å². The minimum Gasteiger partial charge on any atom is -0.340 e. The molecule has 1 amide bonds. The summed E-state index contributed by atoms with van der Waals surface area (Å²) in [5.74, 6) is 0.443. The molecule has 1 aliphatic heterocycles. The largest absolute Gasteiger partial charge is 0.340 e. The Bertz CT molecular complexity index is 767. The maximum absolute atomic E-state index is 13.7. The number of aromatic nitrogens is 2. The molecule has 1 N–H and O–H groups in total. The van der Waals surface area contributed by atoms with Crippen LogP contribution in [0.1, 0.15) is 38.1 Å². The molecule has 2 heterocycles. The van der Waals surface area contributed by atoms with Crippen LogP contribution in [0.3, 0.4) is 0 Å². The molecule has 1 saturated heterocycles. The van der Waals surface area contributed by atoms with Gasteiger partial charge in [0.05, 0.1) is 28.2 Å². The second-order valence-corrected chi connectivity index (χ2v) is 7.82. The zero-order valence-corrected chi connectivity index (χ0v) is 15.8. The summed E-state index contributed by atoms with van der Waals surface area (Å²) < 4.78 is 13.7. The van der Waals surface area contributed by atoms with Gasteiger partial charge in [-0.25, -0.2) is 9.37 Å². The molecule has 0 spiro atoms. The first-order chi connectivity index (χ1) is 12.0. The Balaban J connectivity index is 1.86. The molecule has 0 aliphatic carbocycles. The van der Waals surface area contributed by atoms with Crippen molar-refractivity contribution in [2.24, 2.45) is 0 Å². The van der Waals surface area contributed by atoms with Crippen LogP contribution in [-0.4, -0.2) is 38.8 Å². The fourth-order valence-corrected chi connectivity index (χ4v) is 3.58. The predicted octanol–water partition coefficient (Wildman–Crippen LogP) is 4.67. The van der Waals surface area contributed by atoms with Crippen molar-refractivity contribution in [1.29, 1.82) is 0 Å². The van der Waals surface area contributed by atoms with Gasteiger partial charge < -0.3 is 9.88 Å². The number of benzene rings is 1. The molecule has 2 aromatic rings. The Morgan fingerprint density at radius 2 is 2.28 bits per heavy atom. The molecule has 4 nitrogen and oxygen atoms in total. The van der Waals surface area contributed by atoms with E-state index in [0.717, 1.165) is 37.3 Å². The highest BCUT2D eigenvalue weighted by molar-refractivity contribution is 7.99. The van der Waals surface area contributed by atoms with Crippen molar-refractivity contribution in [1.82, 2.24) is 14.9 Å². The number of aromatic amines is 1. The Morgan fingerprint density at radius 1 is 1.48 bits per heavy atom. The number of halogens is 2. The second kappa shape index (κ2) is 7.79. The number of rotatable bonds is 4. The molecule has 0 radical (unpaired) electrons. The first-order valence-electron chi connectivity index (χ1n) is 8.35. The summed E-state index contributed by atoms with van der Waals surface area (Å²) in [6, 6.07) is 4.62. The molecule has 7 heteroatoms. The number of nitrogens with one attached hydrogen (secondary N) is 1. The fraction of sp³-hybridized carbons (Fsp3) is 0.444. The summed E-state index contributed by atoms with van der Waals surface area (Å²) in [7, 11) is 0. The monoisotopic (exact) mass is 381 g/mol. The molecule has 0 bridgehead atoms. The van der Waals surface area contributed by atoms with Gasteiger partial charge >= 0.3 is 0 Å². The number of hydrogen-bond donors (Lipinski definition) is 1. The summed E-state index contributed by atoms with van der Waals surface area (Å²) in [4.78, 5) is 22.3. The smallest absolute Gasteiger partial charge is 0.236 e. The molecule has 1 aliphatic rings. The third-order valence-electron chi connectivity index (χ3n) is 4.63. The van der Waals surface area contributed by atoms with Gasteiger partial charge in [-0.2, -0.15) is 11.8 Å². The molecular formula is C18H21ClFN3OS. The van der Waals surface area contributed by atoms with E-state index < -0.39 is 5.82 Å². The van der Waals surface area contributed by atoms with Gasteiger partial charge in [-0.05, 0) is 44.6 Å². The van der Waals surface area contributed by atoms with Crippen LogP contribution in [0.15, 0.2) is 24.4 Å². The van der Waals surface area contributed by atoms with E-state index in [0.29, 0.717) is 5.56 Å². The number of thioether (sulfide) groups is 1. The summed E-state index contributed by atoms with van der Waals surface area (Å²) in [6.45, 7) is 2.68. The van der Waals surface area contributed by atoms with Gasteiger partial charge in [0.15, 0.2) is 0 Å². The molecule has 1 aromatic heterocycles. The maximum Gasteiger partial charge on any atom is 0.236 e. The number of carbonyl (C=O) groups is 1. The van der Waals surface area contributed by atoms with Crippen molar-refractivity contribution in [2.45, 2.75) is 37.5 Å². The standard InChI is InChI=1S/C18H21ClFN3OS/c1-11(25-2)18(24)23-8-4-3-5-16(23)17-21-10-15(22-17)12-6-7-13(19)14(20)9-12/h6-7,9-11,16H,3-5,8H2,1-2H3,(H,21,22). The summed E-state index contributed by atoms with van der Waals surface area (Å²) in [6.07, 6.45) is 6.59. The zero-order valence-electron chi connectivity index (χ0n) is 14.3. The van der Waals surface area contributed by atoms with E-state index in [1.807, 2.05) is 18.1 Å². The molecule has 1 aromatic carbocycles. The normalized spacial score (nSPS) is 19.0. The van der Waals surface area contributed by atoms with Gasteiger partial charge in [0.1, 0.15) is 11.6 Å². The zero-order chi connectivity index (χ0) is 18.0. The van der Waals surface area contributed by atoms with Gasteiger partial charge in [0.25, 0.3) is 0 Å². The Morgan fingerprint density at radius 3 is 3.00 bits per heavy atom. The minimum atomic E-state index is -0.460. The van der Waals surface area contributed by atoms with Crippen molar-refractivity contribution in [3.63, 3.8) is 0 Å². The average molecular weight is 382 g/mol. The van der Waals surface area contributed by atoms with E-state index >= 15 is 0 Å². The first kappa shape index (κ1) is 18.3. The number of imidazole rings is 1. The molecule has 3 rings (SSSR count). The second-order valence-electron chi connectivity index (χ2n) is 6.23. The van der Waals surface area contributed by atoms with Gasteiger partial charge in [-0.3, -0.25) is 4.79 Å². The van der Waals surface area contributed by atoms with Crippen LogP contribution in [0.4, 0.5) is 4.39 Å². The van der Waals surface area contributed by atoms with E-state index in [2.05, 4.69) is 9.97 Å². The molecular weight excluding hydrogens is 361 g/mol. The maximum atomic E-state index is 13.7. The van der Waals surface area contributed by atoms with E-state index in [1.54, 1.807) is 24.0 Å². The van der Waals surface area contributed by atoms with Crippen LogP contribution in [0.2, 0.25) is 5.02 Å². The van der Waals surface area contributed by atoms with Crippen molar-refractivity contribution in [3.05, 3.63) is 41.1 Å². The molecule has 25 heavy (non-hydrogen) atoms. The molecule has 2 atom stereocenters. The predicted molar refractivity (Wildman–Crippen MR) is 100 cm³/mol. The lowest BCUT2D eigenvalue weighted by molar-refractivity contribution is -0.134. The van der Waals surface area contributed by atoms with Crippen molar-refractivity contribution < 1.29 is 9.18 Å². The lowest BCUT2D eigenvalue weighted by atomic mass is 10.0. The van der Waals surface area contributed by atoms with E-state index in [9.17, 15) is 9.18 Å². The quantitative estimate of drug-likeness (QED) is 0.836. The summed E-state index contributed by atoms with van der Waals surface area (Å²) >= 11 is 7.30. The fourth-order valence-electron chi connectivity index (χ4n) is 3.13. The highest BCUT2D eigenvalue weighted by Gasteiger charge is 2.32. The Hall–Kier alpha value is -1.53. The van der Waals surface area contributed by atoms with Crippen LogP contribution >= 0.6 is 23.4 Å². The lowest BCUT2D eigenvalue weighted by Gasteiger charge is -2.36. The molecule has 2 unspecified atom stereocenters. The van der Waals surface area contributed by atoms with Crippen molar-refractivity contribution >= 4 is 29.3 Å². The van der Waals surface area contributed by atoms with Crippen LogP contribution in [-0.2, 0) is 4.79 Å². The SMILES string of the molecule is CSC(C)C(=O)N1CCCCC1c1ncc(-c2ccc(Cl)c(F)c2)[nH]1. The minimum absolute atomic E-state index is 0.0539. The third-order valence-corrected chi connectivity index (χ3v) is 5.84. The summed E-state index contributed by atoms with van der Waals surface area (Å²) in [5, 5.41) is 0.0268. The van der Waals surface area contributed by atoms with Gasteiger partial charge in [-0.1, -0.05) is 17.7 Å². The number of carbonyl (C=O) groups excluding carboxylic acids is 1. The lowest BCUT2D eigenvalue weighted by Crippen LogP contribution is -2.42. The summed E-state index contributed by atoms with van der Waals surface area (Å²) in [5.41, 5.74) is 1.41. The number of likely N-dealkylation sites (tertiary alicyclic amines) is 1. The number of H-pyrrole nitrogens is 1. The number of amides is 1. The van der Waals surface area contributed by atoms with Crippen LogP contribution in [0.25, 0.3) is 11.3 Å². The Kier molecular flexibility index (Phi) is 5.69. The van der Waals surface area contributed by atoms with Crippen LogP contribution in [0.5, 0.6) is 0 Å². The van der Waals surface area contributed by atoms with Crippen molar-refractivity contribution in [2.75, 3.05) is 12.8 Å². The molecule has 1 fully saturated rings. The highest BCUT2D eigenvalue weighted by atomic mass is 35.5. The Labute approximate surface area is 156 Å². The van der Waals surface area contributed by atoms with Gasteiger partial charge in [-0.15, -0.1) is 0 Å². The molecule has 134 valence electrons.